The van der Waals surface area contributed by atoms with Crippen LogP contribution in [0.5, 0.6) is 11.5 Å². The first-order valence-corrected chi connectivity index (χ1v) is 9.19. The lowest BCUT2D eigenvalue weighted by Gasteiger charge is -2.11. The Morgan fingerprint density at radius 2 is 1.66 bits per heavy atom. The molecule has 0 aliphatic heterocycles. The third-order valence-corrected chi connectivity index (χ3v) is 4.44. The Bertz CT molecular complexity index is 998. The van der Waals surface area contributed by atoms with Crippen molar-refractivity contribution in [2.45, 2.75) is 20.0 Å². The van der Waals surface area contributed by atoms with Crippen LogP contribution >= 0.6 is 0 Å². The van der Waals surface area contributed by atoms with Gasteiger partial charge in [0.05, 0.1) is 6.61 Å². The molecule has 0 aliphatic rings. The van der Waals surface area contributed by atoms with Crippen molar-refractivity contribution in [1.82, 2.24) is 0 Å². The molecule has 150 valence electrons. The van der Waals surface area contributed by atoms with Crippen LogP contribution in [0.4, 0.5) is 13.2 Å². The molecule has 0 N–H and O–H groups in total. The quantitative estimate of drug-likeness (QED) is 0.314. The van der Waals surface area contributed by atoms with Crippen LogP contribution in [0.3, 0.4) is 0 Å². The Hall–Kier alpha value is -3.21. The molecule has 0 aliphatic carbocycles. The first-order chi connectivity index (χ1) is 14.0. The monoisotopic (exact) mass is 398 g/mol. The van der Waals surface area contributed by atoms with Crippen LogP contribution in [-0.4, -0.2) is 6.61 Å². The normalized spacial score (nSPS) is 10.6. The van der Waals surface area contributed by atoms with E-state index in [-0.39, 0.29) is 30.3 Å². The van der Waals surface area contributed by atoms with Gasteiger partial charge in [-0.05, 0) is 48.2 Å². The first-order valence-electron chi connectivity index (χ1n) is 9.19. The predicted molar refractivity (Wildman–Crippen MR) is 108 cm³/mol. The summed E-state index contributed by atoms with van der Waals surface area (Å²) >= 11 is 0. The average molecular weight is 398 g/mol. The third kappa shape index (κ3) is 4.99. The van der Waals surface area contributed by atoms with Gasteiger partial charge in [-0.25, -0.2) is 8.78 Å². The zero-order valence-corrected chi connectivity index (χ0v) is 16.1. The minimum Gasteiger partial charge on any atom is -0.490 e. The van der Waals surface area contributed by atoms with Crippen LogP contribution in [0.1, 0.15) is 17.5 Å². The van der Waals surface area contributed by atoms with E-state index >= 15 is 0 Å². The Balaban J connectivity index is 1.70. The van der Waals surface area contributed by atoms with E-state index in [9.17, 15) is 13.2 Å². The SMILES string of the molecule is C=CCCOc1ccc(-c2ccc(COc3ccc(C)c(F)c3)cc2)c(F)c1F. The van der Waals surface area contributed by atoms with Gasteiger partial charge in [-0.2, -0.15) is 4.39 Å². The van der Waals surface area contributed by atoms with Crippen LogP contribution in [0.25, 0.3) is 11.1 Å². The number of hydrogen-bond donors (Lipinski definition) is 0. The van der Waals surface area contributed by atoms with Gasteiger partial charge in [0.15, 0.2) is 11.6 Å². The summed E-state index contributed by atoms with van der Waals surface area (Å²) in [5.74, 6) is -1.99. The van der Waals surface area contributed by atoms with Crippen molar-refractivity contribution in [3.8, 4) is 22.6 Å². The van der Waals surface area contributed by atoms with Gasteiger partial charge in [0, 0.05) is 11.6 Å². The summed E-state index contributed by atoms with van der Waals surface area (Å²) in [5, 5.41) is 0. The van der Waals surface area contributed by atoms with Crippen molar-refractivity contribution >= 4 is 0 Å². The highest BCUT2D eigenvalue weighted by molar-refractivity contribution is 5.65. The van der Waals surface area contributed by atoms with Gasteiger partial charge in [0.25, 0.3) is 0 Å². The maximum absolute atomic E-state index is 14.5. The fourth-order valence-electron chi connectivity index (χ4n) is 2.73. The molecule has 0 heterocycles. The second kappa shape index (κ2) is 9.32. The fraction of sp³-hybridized carbons (Fsp3) is 0.167. The van der Waals surface area contributed by atoms with Crippen molar-refractivity contribution < 1.29 is 22.6 Å². The highest BCUT2D eigenvalue weighted by Gasteiger charge is 2.15. The topological polar surface area (TPSA) is 18.5 Å². The summed E-state index contributed by atoms with van der Waals surface area (Å²) in [7, 11) is 0. The lowest BCUT2D eigenvalue weighted by Crippen LogP contribution is -2.01. The highest BCUT2D eigenvalue weighted by Crippen LogP contribution is 2.30. The molecule has 29 heavy (non-hydrogen) atoms. The molecule has 5 heteroatoms. The summed E-state index contributed by atoms with van der Waals surface area (Å²) in [5.41, 5.74) is 2.05. The maximum atomic E-state index is 14.5. The molecule has 2 nitrogen and oxygen atoms in total. The second-order valence-electron chi connectivity index (χ2n) is 6.56. The van der Waals surface area contributed by atoms with Crippen molar-refractivity contribution in [2.75, 3.05) is 6.61 Å². The van der Waals surface area contributed by atoms with E-state index in [0.29, 0.717) is 23.3 Å². The number of hydrogen-bond acceptors (Lipinski definition) is 2. The smallest absolute Gasteiger partial charge is 0.201 e. The van der Waals surface area contributed by atoms with E-state index in [0.717, 1.165) is 5.56 Å². The standard InChI is InChI=1S/C24H21F3O2/c1-3-4-13-28-22-12-11-20(23(26)24(22)27)18-8-6-17(7-9-18)15-29-19-10-5-16(2)21(25)14-19/h3,5-12,14H,1,4,13,15H2,2H3. The molecule has 0 atom stereocenters. The van der Waals surface area contributed by atoms with Gasteiger partial charge in [0.2, 0.25) is 5.82 Å². The molecule has 0 aromatic heterocycles. The van der Waals surface area contributed by atoms with Crippen LogP contribution in [0.2, 0.25) is 0 Å². The number of rotatable bonds is 8. The molecule has 3 aromatic rings. The van der Waals surface area contributed by atoms with Gasteiger partial charge < -0.3 is 9.47 Å². The predicted octanol–water partition coefficient (Wildman–Crippen LogP) is 6.61. The molecule has 0 fully saturated rings. The minimum atomic E-state index is -1.01. The van der Waals surface area contributed by atoms with Gasteiger partial charge in [-0.1, -0.05) is 36.4 Å². The molecule has 0 radical (unpaired) electrons. The Morgan fingerprint density at radius 1 is 0.897 bits per heavy atom. The molecule has 3 rings (SSSR count). The number of benzene rings is 3. The average Bonchev–Trinajstić information content (AvgIpc) is 2.73. The molecule has 0 spiro atoms. The zero-order chi connectivity index (χ0) is 20.8. The van der Waals surface area contributed by atoms with Gasteiger partial charge in [-0.15, -0.1) is 6.58 Å². The summed E-state index contributed by atoms with van der Waals surface area (Å²) in [4.78, 5) is 0. The molecule has 0 bridgehead atoms. The summed E-state index contributed by atoms with van der Waals surface area (Å²) < 4.78 is 53.1. The lowest BCUT2D eigenvalue weighted by atomic mass is 10.0. The number of ether oxygens (including phenoxy) is 2. The molecule has 3 aromatic carbocycles. The summed E-state index contributed by atoms with van der Waals surface area (Å²) in [6, 6.07) is 14.5. The van der Waals surface area contributed by atoms with Crippen molar-refractivity contribution in [3.05, 3.63) is 95.8 Å². The summed E-state index contributed by atoms with van der Waals surface area (Å²) in [6.45, 7) is 5.70. The molecule has 0 unspecified atom stereocenters. The Morgan fingerprint density at radius 3 is 2.34 bits per heavy atom. The van der Waals surface area contributed by atoms with E-state index in [1.165, 1.54) is 18.2 Å². The summed E-state index contributed by atoms with van der Waals surface area (Å²) in [6.07, 6.45) is 2.19. The first kappa shape index (κ1) is 20.5. The molecule has 0 saturated heterocycles. The van der Waals surface area contributed by atoms with Crippen LogP contribution in [-0.2, 0) is 6.61 Å². The van der Waals surface area contributed by atoms with E-state index in [1.807, 2.05) is 0 Å². The van der Waals surface area contributed by atoms with E-state index in [2.05, 4.69) is 6.58 Å². The van der Waals surface area contributed by atoms with E-state index in [4.69, 9.17) is 9.47 Å². The lowest BCUT2D eigenvalue weighted by molar-refractivity contribution is 0.302. The second-order valence-corrected chi connectivity index (χ2v) is 6.56. The highest BCUT2D eigenvalue weighted by atomic mass is 19.2. The van der Waals surface area contributed by atoms with Crippen LogP contribution in [0, 0.1) is 24.4 Å². The fourth-order valence-corrected chi connectivity index (χ4v) is 2.73. The Kier molecular flexibility index (Phi) is 6.60. The largest absolute Gasteiger partial charge is 0.490 e. The van der Waals surface area contributed by atoms with Crippen molar-refractivity contribution in [2.24, 2.45) is 0 Å². The van der Waals surface area contributed by atoms with Gasteiger partial charge in [0.1, 0.15) is 18.2 Å². The minimum absolute atomic E-state index is 0.122. The van der Waals surface area contributed by atoms with Crippen LogP contribution in [0.15, 0.2) is 67.3 Å². The molecular weight excluding hydrogens is 377 g/mol. The Labute approximate surface area is 168 Å². The van der Waals surface area contributed by atoms with Crippen molar-refractivity contribution in [3.63, 3.8) is 0 Å². The van der Waals surface area contributed by atoms with E-state index < -0.39 is 11.6 Å². The molecule has 0 saturated carbocycles. The number of halogens is 3. The van der Waals surface area contributed by atoms with Crippen LogP contribution < -0.4 is 9.47 Å². The maximum Gasteiger partial charge on any atom is 0.201 e. The van der Waals surface area contributed by atoms with E-state index in [1.54, 1.807) is 49.4 Å². The van der Waals surface area contributed by atoms with Gasteiger partial charge >= 0.3 is 0 Å². The number of aryl methyl sites for hydroxylation is 1. The van der Waals surface area contributed by atoms with Crippen molar-refractivity contribution in [1.29, 1.82) is 0 Å². The molecule has 0 amide bonds. The zero-order valence-electron chi connectivity index (χ0n) is 16.1. The molecular formula is C24H21F3O2. The van der Waals surface area contributed by atoms with Gasteiger partial charge in [-0.3, -0.25) is 0 Å². The third-order valence-electron chi connectivity index (χ3n) is 4.44.